The molecule has 0 bridgehead atoms. The molecule has 0 N–H and O–H groups in total. The molecule has 0 aromatic heterocycles. The number of hydrogen-bond donors (Lipinski definition) is 0. The van der Waals surface area contributed by atoms with Gasteiger partial charge in [-0.25, -0.2) is 0 Å². The number of aryl methyl sites for hydroxylation is 1. The van der Waals surface area contributed by atoms with E-state index in [-0.39, 0.29) is 0 Å². The maximum absolute atomic E-state index is 5.26. The summed E-state index contributed by atoms with van der Waals surface area (Å²) < 4.78 is 5.26. The van der Waals surface area contributed by atoms with Gasteiger partial charge in [0.25, 0.3) is 0 Å². The van der Waals surface area contributed by atoms with Crippen LogP contribution in [0, 0.1) is 6.92 Å². The quantitative estimate of drug-likeness (QED) is 0.824. The van der Waals surface area contributed by atoms with Crippen LogP contribution in [0.2, 0.25) is 0 Å². The van der Waals surface area contributed by atoms with Gasteiger partial charge in [-0.15, -0.1) is 0 Å². The van der Waals surface area contributed by atoms with E-state index in [0.29, 0.717) is 5.92 Å². The van der Waals surface area contributed by atoms with Crippen molar-refractivity contribution < 1.29 is 4.74 Å². The van der Waals surface area contributed by atoms with Crippen molar-refractivity contribution in [2.24, 2.45) is 0 Å². The Morgan fingerprint density at radius 3 is 2.55 bits per heavy atom. The Morgan fingerprint density at radius 1 is 1.10 bits per heavy atom. The molecule has 20 heavy (non-hydrogen) atoms. The summed E-state index contributed by atoms with van der Waals surface area (Å²) in [5.74, 6) is 1.37. The van der Waals surface area contributed by atoms with Gasteiger partial charge in [0.1, 0.15) is 5.75 Å². The second-order valence-electron chi connectivity index (χ2n) is 5.67. The van der Waals surface area contributed by atoms with Crippen molar-refractivity contribution in [3.63, 3.8) is 0 Å². The Bertz CT molecular complexity index is 603. The monoisotopic (exact) mass is 267 g/mol. The molecule has 0 saturated heterocycles. The molecule has 2 aromatic carbocycles. The Hall–Kier alpha value is -1.80. The van der Waals surface area contributed by atoms with Crippen molar-refractivity contribution in [2.45, 2.75) is 19.4 Å². The Labute approximate surface area is 121 Å². The summed E-state index contributed by atoms with van der Waals surface area (Å²) in [6, 6.07) is 15.2. The Kier molecular flexibility index (Phi) is 3.49. The maximum Gasteiger partial charge on any atom is 0.118 e. The highest BCUT2D eigenvalue weighted by Gasteiger charge is 2.25. The first-order valence-electron chi connectivity index (χ1n) is 7.10. The van der Waals surface area contributed by atoms with Crippen LogP contribution in [0.5, 0.6) is 5.75 Å². The topological polar surface area (TPSA) is 12.5 Å². The molecule has 0 fully saturated rings. The first kappa shape index (κ1) is 13.2. The summed E-state index contributed by atoms with van der Waals surface area (Å²) in [4.78, 5) is 2.41. The predicted octanol–water partition coefficient (Wildman–Crippen LogP) is 3.58. The van der Waals surface area contributed by atoms with Crippen LogP contribution in [-0.4, -0.2) is 25.6 Å². The van der Waals surface area contributed by atoms with Crippen LogP contribution < -0.4 is 4.74 Å². The van der Waals surface area contributed by atoms with E-state index in [1.807, 2.05) is 0 Å². The molecule has 3 rings (SSSR count). The highest BCUT2D eigenvalue weighted by molar-refractivity contribution is 5.44. The molecule has 1 aliphatic heterocycles. The lowest BCUT2D eigenvalue weighted by Gasteiger charge is -2.33. The van der Waals surface area contributed by atoms with Gasteiger partial charge in [-0.2, -0.15) is 0 Å². The largest absolute Gasteiger partial charge is 0.497 e. The van der Waals surface area contributed by atoms with Gasteiger partial charge < -0.3 is 9.64 Å². The average molecular weight is 267 g/mol. The minimum atomic E-state index is 0.453. The van der Waals surface area contributed by atoms with Crippen molar-refractivity contribution >= 4 is 0 Å². The van der Waals surface area contributed by atoms with Gasteiger partial charge in [0, 0.05) is 19.0 Å². The number of benzene rings is 2. The van der Waals surface area contributed by atoms with Crippen LogP contribution in [0.1, 0.15) is 28.2 Å². The molecule has 0 amide bonds. The third kappa shape index (κ3) is 2.32. The summed E-state index contributed by atoms with van der Waals surface area (Å²) in [6.45, 7) is 4.33. The zero-order chi connectivity index (χ0) is 14.1. The normalized spacial score (nSPS) is 18.6. The van der Waals surface area contributed by atoms with Gasteiger partial charge in [-0.05, 0) is 48.4 Å². The summed E-state index contributed by atoms with van der Waals surface area (Å²) in [7, 11) is 3.91. The molecule has 2 nitrogen and oxygen atoms in total. The van der Waals surface area contributed by atoms with Gasteiger partial charge in [0.2, 0.25) is 0 Å². The van der Waals surface area contributed by atoms with Crippen molar-refractivity contribution in [2.75, 3.05) is 20.7 Å². The van der Waals surface area contributed by atoms with E-state index in [4.69, 9.17) is 4.74 Å². The van der Waals surface area contributed by atoms with Crippen LogP contribution in [-0.2, 0) is 6.54 Å². The van der Waals surface area contributed by atoms with E-state index in [9.17, 15) is 0 Å². The van der Waals surface area contributed by atoms with E-state index in [0.717, 1.165) is 18.8 Å². The second-order valence-corrected chi connectivity index (χ2v) is 5.67. The number of likely N-dealkylation sites (N-methyl/N-ethyl adjacent to an activating group) is 1. The Balaban J connectivity index is 2.03. The minimum absolute atomic E-state index is 0.453. The molecule has 1 unspecified atom stereocenters. The van der Waals surface area contributed by atoms with Gasteiger partial charge >= 0.3 is 0 Å². The molecular weight excluding hydrogens is 246 g/mol. The third-order valence-corrected chi connectivity index (χ3v) is 4.26. The van der Waals surface area contributed by atoms with Crippen LogP contribution >= 0.6 is 0 Å². The van der Waals surface area contributed by atoms with E-state index in [1.165, 1.54) is 22.3 Å². The SMILES string of the molecule is COc1ccc(C2CN(C)Cc3c(C)cccc32)cc1. The first-order chi connectivity index (χ1) is 9.69. The predicted molar refractivity (Wildman–Crippen MR) is 82.4 cm³/mol. The van der Waals surface area contributed by atoms with Crippen molar-refractivity contribution in [1.82, 2.24) is 4.90 Å². The lowest BCUT2D eigenvalue weighted by molar-refractivity contribution is 0.294. The highest BCUT2D eigenvalue weighted by Crippen LogP contribution is 2.34. The van der Waals surface area contributed by atoms with E-state index >= 15 is 0 Å². The van der Waals surface area contributed by atoms with E-state index in [1.54, 1.807) is 7.11 Å². The van der Waals surface area contributed by atoms with Crippen LogP contribution in [0.15, 0.2) is 42.5 Å². The lowest BCUT2D eigenvalue weighted by atomic mass is 9.83. The first-order valence-corrected chi connectivity index (χ1v) is 7.10. The smallest absolute Gasteiger partial charge is 0.118 e. The molecule has 2 aromatic rings. The molecule has 0 saturated carbocycles. The molecular formula is C18H21NO. The van der Waals surface area contributed by atoms with Gasteiger partial charge in [-0.3, -0.25) is 0 Å². The van der Waals surface area contributed by atoms with Crippen molar-refractivity contribution in [3.8, 4) is 5.75 Å². The van der Waals surface area contributed by atoms with Gasteiger partial charge in [0.15, 0.2) is 0 Å². The minimum Gasteiger partial charge on any atom is -0.497 e. The fourth-order valence-electron chi connectivity index (χ4n) is 3.13. The Morgan fingerprint density at radius 2 is 1.85 bits per heavy atom. The number of methoxy groups -OCH3 is 1. The zero-order valence-electron chi connectivity index (χ0n) is 12.4. The number of fused-ring (bicyclic) bond motifs is 1. The van der Waals surface area contributed by atoms with Crippen molar-refractivity contribution in [1.29, 1.82) is 0 Å². The summed E-state index contributed by atoms with van der Waals surface area (Å²) in [5, 5.41) is 0. The summed E-state index contributed by atoms with van der Waals surface area (Å²) >= 11 is 0. The maximum atomic E-state index is 5.26. The van der Waals surface area contributed by atoms with Gasteiger partial charge in [0.05, 0.1) is 7.11 Å². The van der Waals surface area contributed by atoms with E-state index in [2.05, 4.69) is 61.3 Å². The summed E-state index contributed by atoms with van der Waals surface area (Å²) in [5.41, 5.74) is 5.73. The highest BCUT2D eigenvalue weighted by atomic mass is 16.5. The molecule has 0 spiro atoms. The molecule has 0 aliphatic carbocycles. The molecule has 104 valence electrons. The van der Waals surface area contributed by atoms with E-state index < -0.39 is 0 Å². The number of nitrogens with zero attached hydrogens (tertiary/aromatic N) is 1. The molecule has 1 atom stereocenters. The fraction of sp³-hybridized carbons (Fsp3) is 0.333. The number of ether oxygens (including phenoxy) is 1. The lowest BCUT2D eigenvalue weighted by Crippen LogP contribution is -2.31. The molecule has 1 heterocycles. The second kappa shape index (κ2) is 5.29. The molecule has 0 radical (unpaired) electrons. The standard InChI is InChI=1S/C18H21NO/c1-13-5-4-6-16-17(13)11-19(2)12-18(16)14-7-9-15(20-3)10-8-14/h4-10,18H,11-12H2,1-3H3. The number of rotatable bonds is 2. The average Bonchev–Trinajstić information content (AvgIpc) is 2.48. The zero-order valence-corrected chi connectivity index (χ0v) is 12.4. The molecule has 2 heteroatoms. The molecule has 1 aliphatic rings. The number of hydrogen-bond acceptors (Lipinski definition) is 2. The third-order valence-electron chi connectivity index (χ3n) is 4.26. The fourth-order valence-corrected chi connectivity index (χ4v) is 3.13. The van der Waals surface area contributed by atoms with Gasteiger partial charge in [-0.1, -0.05) is 30.3 Å². The van der Waals surface area contributed by atoms with Crippen LogP contribution in [0.4, 0.5) is 0 Å². The van der Waals surface area contributed by atoms with Crippen molar-refractivity contribution in [3.05, 3.63) is 64.7 Å². The van der Waals surface area contributed by atoms with Crippen LogP contribution in [0.25, 0.3) is 0 Å². The summed E-state index contributed by atoms with van der Waals surface area (Å²) in [6.07, 6.45) is 0. The van der Waals surface area contributed by atoms with Crippen LogP contribution in [0.3, 0.4) is 0 Å².